The van der Waals surface area contributed by atoms with Crippen LogP contribution in [-0.4, -0.2) is 21.5 Å². The summed E-state index contributed by atoms with van der Waals surface area (Å²) in [4.78, 5) is 2.25. The molecule has 1 aromatic carbocycles. The van der Waals surface area contributed by atoms with Gasteiger partial charge in [-0.3, -0.25) is 0 Å². The number of anilines is 2. The van der Waals surface area contributed by atoms with Crippen molar-refractivity contribution < 1.29 is 8.42 Å². The van der Waals surface area contributed by atoms with Gasteiger partial charge >= 0.3 is 0 Å². The minimum Gasteiger partial charge on any atom is -0.397 e. The molecule has 6 heteroatoms. The fourth-order valence-electron chi connectivity index (χ4n) is 2.36. The quantitative estimate of drug-likeness (QED) is 0.806. The molecule has 1 aliphatic rings. The van der Waals surface area contributed by atoms with E-state index in [4.69, 9.17) is 10.9 Å². The van der Waals surface area contributed by atoms with Crippen LogP contribution in [0, 0.1) is 5.92 Å². The van der Waals surface area contributed by atoms with E-state index in [1.165, 1.54) is 6.07 Å². The van der Waals surface area contributed by atoms with Gasteiger partial charge in [0.1, 0.15) is 0 Å². The first kappa shape index (κ1) is 13.2. The molecule has 4 N–H and O–H groups in total. The molecule has 1 heterocycles. The maximum absolute atomic E-state index is 11.4. The normalized spacial score (nSPS) is 20.3. The van der Waals surface area contributed by atoms with Crippen LogP contribution in [0.1, 0.15) is 19.8 Å². The highest BCUT2D eigenvalue weighted by Crippen LogP contribution is 2.31. The smallest absolute Gasteiger partial charge is 0.238 e. The zero-order valence-corrected chi connectivity index (χ0v) is 11.3. The summed E-state index contributed by atoms with van der Waals surface area (Å²) in [5, 5.41) is 5.14. The predicted octanol–water partition coefficient (Wildman–Crippen LogP) is 1.15. The van der Waals surface area contributed by atoms with Crippen LogP contribution in [0.2, 0.25) is 0 Å². The molecule has 0 amide bonds. The topological polar surface area (TPSA) is 89.4 Å². The highest BCUT2D eigenvalue weighted by Gasteiger charge is 2.23. The van der Waals surface area contributed by atoms with Crippen LogP contribution in [0.15, 0.2) is 23.1 Å². The number of benzene rings is 1. The zero-order valence-electron chi connectivity index (χ0n) is 10.5. The molecule has 1 aromatic rings. The molecular weight excluding hydrogens is 250 g/mol. The van der Waals surface area contributed by atoms with Crippen molar-refractivity contribution in [1.29, 1.82) is 0 Å². The van der Waals surface area contributed by atoms with E-state index in [0.29, 0.717) is 11.6 Å². The Morgan fingerprint density at radius 1 is 1.44 bits per heavy atom. The van der Waals surface area contributed by atoms with E-state index in [1.807, 2.05) is 0 Å². The molecule has 0 aromatic heterocycles. The molecule has 1 unspecified atom stereocenters. The molecular formula is C12H19N3O2S. The van der Waals surface area contributed by atoms with Crippen molar-refractivity contribution in [3.05, 3.63) is 18.2 Å². The lowest BCUT2D eigenvalue weighted by Crippen LogP contribution is -2.21. The summed E-state index contributed by atoms with van der Waals surface area (Å²) >= 11 is 0. The van der Waals surface area contributed by atoms with Crippen molar-refractivity contribution in [3.8, 4) is 0 Å². The number of nitrogens with zero attached hydrogens (tertiary/aromatic N) is 1. The molecule has 1 atom stereocenters. The Labute approximate surface area is 108 Å². The Morgan fingerprint density at radius 3 is 2.72 bits per heavy atom. The molecule has 0 radical (unpaired) electrons. The molecule has 0 spiro atoms. The van der Waals surface area contributed by atoms with Crippen molar-refractivity contribution in [3.63, 3.8) is 0 Å². The number of hydrogen-bond donors (Lipinski definition) is 2. The molecule has 100 valence electrons. The Kier molecular flexibility index (Phi) is 3.49. The van der Waals surface area contributed by atoms with Crippen molar-refractivity contribution in [2.24, 2.45) is 11.1 Å². The van der Waals surface area contributed by atoms with Gasteiger partial charge in [-0.1, -0.05) is 13.3 Å². The zero-order chi connectivity index (χ0) is 13.3. The average Bonchev–Trinajstić information content (AvgIpc) is 2.76. The third kappa shape index (κ3) is 2.59. The molecule has 0 aliphatic carbocycles. The third-order valence-electron chi connectivity index (χ3n) is 3.53. The van der Waals surface area contributed by atoms with Gasteiger partial charge in [0.25, 0.3) is 0 Å². The maximum Gasteiger partial charge on any atom is 0.238 e. The fourth-order valence-corrected chi connectivity index (χ4v) is 2.89. The van der Waals surface area contributed by atoms with Crippen molar-refractivity contribution in [2.45, 2.75) is 24.7 Å². The first-order chi connectivity index (χ1) is 8.41. The number of sulfonamides is 1. The molecule has 18 heavy (non-hydrogen) atoms. The third-order valence-corrected chi connectivity index (χ3v) is 4.45. The monoisotopic (exact) mass is 269 g/mol. The van der Waals surface area contributed by atoms with Gasteiger partial charge in [-0.25, -0.2) is 13.6 Å². The highest BCUT2D eigenvalue weighted by molar-refractivity contribution is 7.89. The van der Waals surface area contributed by atoms with Crippen LogP contribution < -0.4 is 15.8 Å². The summed E-state index contributed by atoms with van der Waals surface area (Å²) in [6.07, 6.45) is 2.25. The number of hydrogen-bond acceptors (Lipinski definition) is 4. The van der Waals surface area contributed by atoms with Crippen LogP contribution in [0.25, 0.3) is 0 Å². The van der Waals surface area contributed by atoms with E-state index >= 15 is 0 Å². The van der Waals surface area contributed by atoms with Gasteiger partial charge in [-0.05, 0) is 30.5 Å². The summed E-state index contributed by atoms with van der Waals surface area (Å²) in [7, 11) is -3.67. The largest absolute Gasteiger partial charge is 0.397 e. The van der Waals surface area contributed by atoms with E-state index in [9.17, 15) is 8.42 Å². The van der Waals surface area contributed by atoms with Gasteiger partial charge in [0.15, 0.2) is 0 Å². The molecule has 0 saturated carbocycles. The van der Waals surface area contributed by atoms with Crippen molar-refractivity contribution in [1.82, 2.24) is 0 Å². The lowest BCUT2D eigenvalue weighted by Gasteiger charge is -2.21. The minimum atomic E-state index is -3.67. The summed E-state index contributed by atoms with van der Waals surface area (Å²) in [6, 6.07) is 4.62. The molecule has 1 fully saturated rings. The van der Waals surface area contributed by atoms with Gasteiger partial charge in [-0.2, -0.15) is 0 Å². The van der Waals surface area contributed by atoms with Gasteiger partial charge < -0.3 is 10.6 Å². The summed E-state index contributed by atoms with van der Waals surface area (Å²) in [6.45, 7) is 4.00. The minimum absolute atomic E-state index is 0.117. The lowest BCUT2D eigenvalue weighted by molar-refractivity contribution is 0.569. The lowest BCUT2D eigenvalue weighted by atomic mass is 10.1. The first-order valence-electron chi connectivity index (χ1n) is 6.09. The average molecular weight is 269 g/mol. The molecule has 1 aliphatic heterocycles. The maximum atomic E-state index is 11.4. The second kappa shape index (κ2) is 4.78. The first-order valence-corrected chi connectivity index (χ1v) is 7.63. The van der Waals surface area contributed by atoms with E-state index in [-0.39, 0.29) is 4.90 Å². The number of nitrogens with two attached hydrogens (primary N) is 2. The standard InChI is InChI=1S/C12H19N3O2S/c1-2-9-5-6-15(8-9)12-7-10(18(14,16)17)3-4-11(12)13/h3-4,7,9H,2,5-6,8,13H2,1H3,(H2,14,16,17). The summed E-state index contributed by atoms with van der Waals surface area (Å²) < 4.78 is 22.7. The summed E-state index contributed by atoms with van der Waals surface area (Å²) in [5.41, 5.74) is 7.29. The van der Waals surface area contributed by atoms with E-state index in [2.05, 4.69) is 11.8 Å². The van der Waals surface area contributed by atoms with Crippen LogP contribution in [0.4, 0.5) is 11.4 Å². The Balaban J connectivity index is 2.33. The second-order valence-electron chi connectivity index (χ2n) is 4.77. The molecule has 5 nitrogen and oxygen atoms in total. The van der Waals surface area contributed by atoms with Crippen LogP contribution in [0.5, 0.6) is 0 Å². The fraction of sp³-hybridized carbons (Fsp3) is 0.500. The van der Waals surface area contributed by atoms with E-state index < -0.39 is 10.0 Å². The van der Waals surface area contributed by atoms with Crippen LogP contribution >= 0.6 is 0 Å². The second-order valence-corrected chi connectivity index (χ2v) is 6.34. The SMILES string of the molecule is CCC1CCN(c2cc(S(N)(=O)=O)ccc2N)C1. The van der Waals surface area contributed by atoms with Crippen LogP contribution in [0.3, 0.4) is 0 Å². The van der Waals surface area contributed by atoms with Gasteiger partial charge in [0.05, 0.1) is 16.3 Å². The molecule has 2 rings (SSSR count). The summed E-state index contributed by atoms with van der Waals surface area (Å²) in [5.74, 6) is 0.655. The molecule has 0 bridgehead atoms. The van der Waals surface area contributed by atoms with Crippen molar-refractivity contribution >= 4 is 21.4 Å². The Bertz CT molecular complexity index is 542. The van der Waals surface area contributed by atoms with Crippen LogP contribution in [-0.2, 0) is 10.0 Å². The number of rotatable bonds is 3. The number of primary sulfonamides is 1. The Hall–Kier alpha value is -1.27. The van der Waals surface area contributed by atoms with Gasteiger partial charge in [-0.15, -0.1) is 0 Å². The van der Waals surface area contributed by atoms with Gasteiger partial charge in [0, 0.05) is 13.1 Å². The highest BCUT2D eigenvalue weighted by atomic mass is 32.2. The molecule has 1 saturated heterocycles. The van der Waals surface area contributed by atoms with Crippen molar-refractivity contribution in [2.75, 3.05) is 23.7 Å². The van der Waals surface area contributed by atoms with Gasteiger partial charge in [0.2, 0.25) is 10.0 Å². The number of nitrogen functional groups attached to an aromatic ring is 1. The predicted molar refractivity (Wildman–Crippen MR) is 72.8 cm³/mol. The van der Waals surface area contributed by atoms with E-state index in [1.54, 1.807) is 12.1 Å². The van der Waals surface area contributed by atoms with E-state index in [0.717, 1.165) is 31.6 Å². The Morgan fingerprint density at radius 2 is 2.17 bits per heavy atom.